The Kier molecular flexibility index (Phi) is 4.27. The zero-order chi connectivity index (χ0) is 14.0. The molecule has 0 unspecified atom stereocenters. The third-order valence-corrected chi connectivity index (χ3v) is 5.65. The molecule has 0 spiro atoms. The number of rotatable bonds is 3. The van der Waals surface area contributed by atoms with Gasteiger partial charge in [-0.15, -0.1) is 0 Å². The van der Waals surface area contributed by atoms with E-state index in [1.807, 2.05) is 0 Å². The number of hydrogen-bond acceptors (Lipinski definition) is 3. The van der Waals surface area contributed by atoms with E-state index in [4.69, 9.17) is 5.73 Å². The molecule has 19 heavy (non-hydrogen) atoms. The highest BCUT2D eigenvalue weighted by Crippen LogP contribution is 2.26. The molecule has 104 valence electrons. The van der Waals surface area contributed by atoms with Crippen molar-refractivity contribution < 1.29 is 13.2 Å². The van der Waals surface area contributed by atoms with E-state index in [9.17, 15) is 13.2 Å². The first-order valence-corrected chi connectivity index (χ1v) is 8.23. The molecule has 1 atom stereocenters. The van der Waals surface area contributed by atoms with Crippen LogP contribution in [0.4, 0.5) is 0 Å². The van der Waals surface area contributed by atoms with Gasteiger partial charge in [-0.25, -0.2) is 8.42 Å². The molecule has 2 N–H and O–H groups in total. The quantitative estimate of drug-likeness (QED) is 0.899. The molecule has 0 bridgehead atoms. The zero-order valence-electron chi connectivity index (χ0n) is 10.3. The topological polar surface area (TPSA) is 80.5 Å². The van der Waals surface area contributed by atoms with Gasteiger partial charge in [0.25, 0.3) is 0 Å². The Morgan fingerprint density at radius 2 is 1.89 bits per heavy atom. The molecule has 0 saturated carbocycles. The van der Waals surface area contributed by atoms with Crippen LogP contribution in [0.15, 0.2) is 33.6 Å². The molecule has 1 heterocycles. The molecule has 1 aromatic carbocycles. The summed E-state index contributed by atoms with van der Waals surface area (Å²) in [5, 5.41) is 0. The molecule has 1 aliphatic rings. The Labute approximate surface area is 121 Å². The van der Waals surface area contributed by atoms with Crippen molar-refractivity contribution in [3.05, 3.63) is 28.7 Å². The van der Waals surface area contributed by atoms with Gasteiger partial charge in [-0.2, -0.15) is 4.31 Å². The minimum atomic E-state index is -3.66. The number of halogens is 1. The van der Waals surface area contributed by atoms with Crippen molar-refractivity contribution in [2.75, 3.05) is 6.54 Å². The van der Waals surface area contributed by atoms with Gasteiger partial charge in [0.1, 0.15) is 6.04 Å². The molecule has 2 rings (SSSR count). The minimum absolute atomic E-state index is 0.184. The number of nitrogens with zero attached hydrogens (tertiary/aromatic N) is 1. The number of carbonyl (C=O) groups is 1. The Hall–Kier alpha value is -0.920. The van der Waals surface area contributed by atoms with E-state index in [2.05, 4.69) is 15.9 Å². The summed E-state index contributed by atoms with van der Waals surface area (Å²) in [7, 11) is -3.66. The van der Waals surface area contributed by atoms with Crippen LogP contribution in [-0.2, 0) is 14.8 Å². The summed E-state index contributed by atoms with van der Waals surface area (Å²) in [6, 6.07) is 5.63. The molecule has 1 amide bonds. The molecule has 5 nitrogen and oxygen atoms in total. The van der Waals surface area contributed by atoms with E-state index >= 15 is 0 Å². The van der Waals surface area contributed by atoms with Gasteiger partial charge in [0.15, 0.2) is 0 Å². The maximum absolute atomic E-state index is 12.5. The number of amides is 1. The Balaban J connectivity index is 2.37. The smallest absolute Gasteiger partial charge is 0.243 e. The third-order valence-electron chi connectivity index (χ3n) is 3.20. The maximum atomic E-state index is 12.5. The fourth-order valence-corrected chi connectivity index (χ4v) is 4.15. The highest BCUT2D eigenvalue weighted by Gasteiger charge is 2.36. The fourth-order valence-electron chi connectivity index (χ4n) is 2.22. The molecule has 1 fully saturated rings. The fraction of sp³-hybridized carbons (Fsp3) is 0.417. The van der Waals surface area contributed by atoms with E-state index < -0.39 is 22.0 Å². The van der Waals surface area contributed by atoms with Gasteiger partial charge < -0.3 is 5.73 Å². The third kappa shape index (κ3) is 2.98. The normalized spacial score (nSPS) is 21.2. The highest BCUT2D eigenvalue weighted by molar-refractivity contribution is 9.10. The standard InChI is InChI=1S/C12H15BrN2O3S/c13-9-4-6-10(7-5-9)19(17,18)15-8-2-1-3-11(15)12(14)16/h4-7,11H,1-3,8H2,(H2,14,16)/t11-/m1/s1. The molecule has 0 aliphatic carbocycles. The lowest BCUT2D eigenvalue weighted by atomic mass is 10.0. The van der Waals surface area contributed by atoms with E-state index in [-0.39, 0.29) is 4.90 Å². The van der Waals surface area contributed by atoms with Crippen molar-refractivity contribution >= 4 is 31.9 Å². The molecule has 1 aromatic rings. The largest absolute Gasteiger partial charge is 0.368 e. The van der Waals surface area contributed by atoms with Crippen molar-refractivity contribution in [2.45, 2.75) is 30.2 Å². The van der Waals surface area contributed by atoms with Crippen molar-refractivity contribution in [1.82, 2.24) is 4.31 Å². The van der Waals surface area contributed by atoms with Gasteiger partial charge in [0, 0.05) is 11.0 Å². The second-order valence-corrected chi connectivity index (χ2v) is 7.29. The Morgan fingerprint density at radius 3 is 2.47 bits per heavy atom. The number of benzene rings is 1. The molecule has 1 aliphatic heterocycles. The number of carbonyl (C=O) groups excluding carboxylic acids is 1. The molecule has 7 heteroatoms. The van der Waals surface area contributed by atoms with Crippen LogP contribution in [0, 0.1) is 0 Å². The van der Waals surface area contributed by atoms with Crippen LogP contribution in [0.25, 0.3) is 0 Å². The highest BCUT2D eigenvalue weighted by atomic mass is 79.9. The van der Waals surface area contributed by atoms with Crippen LogP contribution < -0.4 is 5.73 Å². The Bertz CT molecular complexity index is 571. The Morgan fingerprint density at radius 1 is 1.26 bits per heavy atom. The predicted octanol–water partition coefficient (Wildman–Crippen LogP) is 1.48. The van der Waals surface area contributed by atoms with Gasteiger partial charge in [-0.3, -0.25) is 4.79 Å². The summed E-state index contributed by atoms with van der Waals surface area (Å²) in [5.74, 6) is -0.583. The SMILES string of the molecule is NC(=O)[C@H]1CCCCN1S(=O)(=O)c1ccc(Br)cc1. The van der Waals surface area contributed by atoms with Crippen LogP contribution >= 0.6 is 15.9 Å². The summed E-state index contributed by atoms with van der Waals surface area (Å²) in [6.45, 7) is 0.339. The van der Waals surface area contributed by atoms with E-state index in [0.29, 0.717) is 13.0 Å². The van der Waals surface area contributed by atoms with Crippen LogP contribution in [0.5, 0.6) is 0 Å². The molecule has 1 saturated heterocycles. The number of hydrogen-bond donors (Lipinski definition) is 1. The van der Waals surface area contributed by atoms with Gasteiger partial charge in [0.2, 0.25) is 15.9 Å². The first kappa shape index (κ1) is 14.5. The van der Waals surface area contributed by atoms with Crippen molar-refractivity contribution in [1.29, 1.82) is 0 Å². The molecule has 0 aromatic heterocycles. The summed E-state index contributed by atoms with van der Waals surface area (Å²) >= 11 is 3.26. The van der Waals surface area contributed by atoms with Gasteiger partial charge in [0.05, 0.1) is 4.90 Å². The van der Waals surface area contributed by atoms with E-state index in [1.165, 1.54) is 16.4 Å². The number of nitrogens with two attached hydrogens (primary N) is 1. The average Bonchev–Trinajstić information content (AvgIpc) is 2.39. The second kappa shape index (κ2) is 5.60. The van der Waals surface area contributed by atoms with Crippen LogP contribution in [0.2, 0.25) is 0 Å². The van der Waals surface area contributed by atoms with E-state index in [0.717, 1.165) is 17.3 Å². The summed E-state index contributed by atoms with van der Waals surface area (Å²) in [6.07, 6.45) is 2.06. The first-order chi connectivity index (χ1) is 8.93. The second-order valence-electron chi connectivity index (χ2n) is 4.48. The van der Waals surface area contributed by atoms with Gasteiger partial charge in [-0.1, -0.05) is 22.4 Å². The lowest BCUT2D eigenvalue weighted by molar-refractivity contribution is -0.122. The molecular formula is C12H15BrN2O3S. The lowest BCUT2D eigenvalue weighted by Crippen LogP contribution is -2.50. The number of sulfonamides is 1. The van der Waals surface area contributed by atoms with Gasteiger partial charge in [-0.05, 0) is 37.1 Å². The average molecular weight is 347 g/mol. The monoisotopic (exact) mass is 346 g/mol. The summed E-state index contributed by atoms with van der Waals surface area (Å²) < 4.78 is 27.1. The number of piperidine rings is 1. The summed E-state index contributed by atoms with van der Waals surface area (Å²) in [5.41, 5.74) is 5.30. The number of primary amides is 1. The minimum Gasteiger partial charge on any atom is -0.368 e. The van der Waals surface area contributed by atoms with Crippen molar-refractivity contribution in [2.24, 2.45) is 5.73 Å². The van der Waals surface area contributed by atoms with Crippen LogP contribution in [0.1, 0.15) is 19.3 Å². The first-order valence-electron chi connectivity index (χ1n) is 5.99. The maximum Gasteiger partial charge on any atom is 0.243 e. The van der Waals surface area contributed by atoms with Crippen molar-refractivity contribution in [3.8, 4) is 0 Å². The predicted molar refractivity (Wildman–Crippen MR) is 74.9 cm³/mol. The van der Waals surface area contributed by atoms with Gasteiger partial charge >= 0.3 is 0 Å². The van der Waals surface area contributed by atoms with Crippen LogP contribution in [0.3, 0.4) is 0 Å². The lowest BCUT2D eigenvalue weighted by Gasteiger charge is -2.32. The zero-order valence-corrected chi connectivity index (χ0v) is 12.7. The molecule has 0 radical (unpaired) electrons. The molecular weight excluding hydrogens is 332 g/mol. The van der Waals surface area contributed by atoms with E-state index in [1.54, 1.807) is 12.1 Å². The van der Waals surface area contributed by atoms with Crippen LogP contribution in [-0.4, -0.2) is 31.2 Å². The van der Waals surface area contributed by atoms with Crippen molar-refractivity contribution in [3.63, 3.8) is 0 Å². The summed E-state index contributed by atoms with van der Waals surface area (Å²) in [4.78, 5) is 11.6.